The molecule has 0 saturated carbocycles. The van der Waals surface area contributed by atoms with Gasteiger partial charge in [-0.1, -0.05) is 23.9 Å². The second kappa shape index (κ2) is 7.10. The highest BCUT2D eigenvalue weighted by atomic mass is 32.2. The number of benzene rings is 1. The van der Waals surface area contributed by atoms with Crippen LogP contribution < -0.4 is 4.90 Å². The van der Waals surface area contributed by atoms with E-state index in [1.807, 2.05) is 29.2 Å². The maximum absolute atomic E-state index is 12.4. The van der Waals surface area contributed by atoms with Crippen molar-refractivity contribution < 1.29 is 9.21 Å². The number of carbonyl (C=O) groups is 1. The van der Waals surface area contributed by atoms with E-state index in [2.05, 4.69) is 19.9 Å². The largest absolute Gasteiger partial charge is 0.431 e. The van der Waals surface area contributed by atoms with Crippen molar-refractivity contribution in [3.05, 3.63) is 42.9 Å². The van der Waals surface area contributed by atoms with Gasteiger partial charge in [-0.2, -0.15) is 0 Å². The summed E-state index contributed by atoms with van der Waals surface area (Å²) in [7, 11) is 0. The molecule has 4 rings (SSSR count). The maximum atomic E-state index is 12.4. The molecule has 0 bridgehead atoms. The zero-order valence-electron chi connectivity index (χ0n) is 13.5. The third kappa shape index (κ3) is 3.58. The lowest BCUT2D eigenvalue weighted by atomic mass is 10.3. The van der Waals surface area contributed by atoms with Gasteiger partial charge < -0.3 is 14.2 Å². The lowest BCUT2D eigenvalue weighted by Gasteiger charge is -2.35. The highest BCUT2D eigenvalue weighted by Crippen LogP contribution is 2.23. The van der Waals surface area contributed by atoms with Gasteiger partial charge in [-0.15, -0.1) is 0 Å². The van der Waals surface area contributed by atoms with Gasteiger partial charge in [0.05, 0.1) is 11.9 Å². The van der Waals surface area contributed by atoms with Crippen molar-refractivity contribution in [3.63, 3.8) is 0 Å². The zero-order valence-corrected chi connectivity index (χ0v) is 14.4. The van der Waals surface area contributed by atoms with Crippen LogP contribution in [0, 0.1) is 0 Å². The maximum Gasteiger partial charge on any atom is 0.257 e. The van der Waals surface area contributed by atoms with Gasteiger partial charge >= 0.3 is 0 Å². The normalized spacial score (nSPS) is 14.9. The summed E-state index contributed by atoms with van der Waals surface area (Å²) in [5, 5.41) is 0.535. The number of hydrogen-bond donors (Lipinski definition) is 0. The first-order valence-electron chi connectivity index (χ1n) is 8.07. The molecule has 1 fully saturated rings. The van der Waals surface area contributed by atoms with E-state index >= 15 is 0 Å². The number of fused-ring (bicyclic) bond motifs is 1. The van der Waals surface area contributed by atoms with Crippen molar-refractivity contribution in [2.45, 2.75) is 5.22 Å². The Kier molecular flexibility index (Phi) is 4.51. The SMILES string of the molecule is O=C(CSc1nc2ccccc2o1)N1CCN(c2cnccn2)CC1. The van der Waals surface area contributed by atoms with Crippen LogP contribution in [0.2, 0.25) is 0 Å². The van der Waals surface area contributed by atoms with Gasteiger partial charge in [0.1, 0.15) is 11.3 Å². The molecule has 0 atom stereocenters. The van der Waals surface area contributed by atoms with E-state index in [0.29, 0.717) is 24.1 Å². The van der Waals surface area contributed by atoms with Gasteiger partial charge in [-0.05, 0) is 12.1 Å². The van der Waals surface area contributed by atoms with E-state index in [4.69, 9.17) is 4.42 Å². The third-order valence-corrected chi connectivity index (χ3v) is 4.91. The average molecular weight is 355 g/mol. The molecule has 25 heavy (non-hydrogen) atoms. The van der Waals surface area contributed by atoms with Gasteiger partial charge in [-0.3, -0.25) is 9.78 Å². The van der Waals surface area contributed by atoms with Gasteiger partial charge in [0.25, 0.3) is 5.22 Å². The van der Waals surface area contributed by atoms with Crippen molar-refractivity contribution in [2.75, 3.05) is 36.8 Å². The van der Waals surface area contributed by atoms with E-state index in [1.165, 1.54) is 11.8 Å². The molecule has 3 heterocycles. The predicted molar refractivity (Wildman–Crippen MR) is 95.6 cm³/mol. The molecule has 1 aliphatic rings. The summed E-state index contributed by atoms with van der Waals surface area (Å²) in [6, 6.07) is 7.60. The fourth-order valence-corrected chi connectivity index (χ4v) is 3.51. The van der Waals surface area contributed by atoms with E-state index in [-0.39, 0.29) is 5.91 Å². The Morgan fingerprint density at radius 2 is 2.00 bits per heavy atom. The molecule has 8 heteroatoms. The van der Waals surface area contributed by atoms with E-state index in [0.717, 1.165) is 30.0 Å². The first-order valence-corrected chi connectivity index (χ1v) is 9.05. The van der Waals surface area contributed by atoms with Crippen LogP contribution in [-0.2, 0) is 4.79 Å². The van der Waals surface area contributed by atoms with Gasteiger partial charge in [0, 0.05) is 38.6 Å². The fraction of sp³-hybridized carbons (Fsp3) is 0.294. The number of piperazine rings is 1. The van der Waals surface area contributed by atoms with Crippen LogP contribution in [0.1, 0.15) is 0 Å². The first kappa shape index (κ1) is 15.9. The monoisotopic (exact) mass is 355 g/mol. The van der Waals surface area contributed by atoms with Gasteiger partial charge in [-0.25, -0.2) is 9.97 Å². The minimum Gasteiger partial charge on any atom is -0.431 e. The zero-order chi connectivity index (χ0) is 17.1. The molecule has 1 aromatic carbocycles. The summed E-state index contributed by atoms with van der Waals surface area (Å²) < 4.78 is 5.64. The number of anilines is 1. The summed E-state index contributed by atoms with van der Waals surface area (Å²) in [6.45, 7) is 2.89. The van der Waals surface area contributed by atoms with Crippen molar-refractivity contribution in [1.29, 1.82) is 0 Å². The minimum absolute atomic E-state index is 0.103. The van der Waals surface area contributed by atoms with Crippen molar-refractivity contribution in [1.82, 2.24) is 19.9 Å². The molecular weight excluding hydrogens is 338 g/mol. The van der Waals surface area contributed by atoms with Crippen LogP contribution >= 0.6 is 11.8 Å². The van der Waals surface area contributed by atoms with Crippen LogP contribution in [0.15, 0.2) is 52.5 Å². The lowest BCUT2D eigenvalue weighted by Crippen LogP contribution is -2.49. The second-order valence-electron chi connectivity index (χ2n) is 5.67. The number of amides is 1. The van der Waals surface area contributed by atoms with Gasteiger partial charge in [0.2, 0.25) is 5.91 Å². The topological polar surface area (TPSA) is 75.4 Å². The molecule has 1 aliphatic heterocycles. The fourth-order valence-electron chi connectivity index (χ4n) is 2.77. The summed E-state index contributed by atoms with van der Waals surface area (Å²) in [5.41, 5.74) is 1.56. The molecule has 0 unspecified atom stereocenters. The number of carbonyl (C=O) groups excluding carboxylic acids is 1. The molecule has 128 valence electrons. The molecule has 0 radical (unpaired) electrons. The minimum atomic E-state index is 0.103. The first-order chi connectivity index (χ1) is 12.3. The summed E-state index contributed by atoms with van der Waals surface area (Å²) >= 11 is 1.34. The molecule has 0 aliphatic carbocycles. The van der Waals surface area contributed by atoms with Crippen molar-refractivity contribution >= 4 is 34.6 Å². The van der Waals surface area contributed by atoms with Crippen molar-refractivity contribution in [2.24, 2.45) is 0 Å². The van der Waals surface area contributed by atoms with Gasteiger partial charge in [0.15, 0.2) is 5.58 Å². The Balaban J connectivity index is 1.30. The highest BCUT2D eigenvalue weighted by molar-refractivity contribution is 7.99. The molecule has 3 aromatic rings. The van der Waals surface area contributed by atoms with Crippen molar-refractivity contribution in [3.8, 4) is 0 Å². The van der Waals surface area contributed by atoms with Crippen LogP contribution in [0.3, 0.4) is 0 Å². The number of thioether (sulfide) groups is 1. The molecule has 1 saturated heterocycles. The predicted octanol–water partition coefficient (Wildman–Crippen LogP) is 2.06. The number of aromatic nitrogens is 3. The summed E-state index contributed by atoms with van der Waals surface area (Å²) in [4.78, 5) is 29.2. The van der Waals surface area contributed by atoms with E-state index in [1.54, 1.807) is 18.6 Å². The summed E-state index contributed by atoms with van der Waals surface area (Å²) in [6.07, 6.45) is 5.09. The Bertz CT molecular complexity index is 829. The van der Waals surface area contributed by atoms with Crippen LogP contribution in [0.25, 0.3) is 11.1 Å². The third-order valence-electron chi connectivity index (χ3n) is 4.10. The standard InChI is InChI=1S/C17H17N5O2S/c23-16(12-25-17-20-13-3-1-2-4-14(13)24-17)22-9-7-21(8-10-22)15-11-18-5-6-19-15/h1-6,11H,7-10,12H2. The quantitative estimate of drug-likeness (QED) is 0.663. The number of oxazole rings is 1. The number of rotatable bonds is 4. The lowest BCUT2D eigenvalue weighted by molar-refractivity contribution is -0.128. The Labute approximate surface area is 149 Å². The molecule has 0 spiro atoms. The number of hydrogen-bond acceptors (Lipinski definition) is 7. The number of para-hydroxylation sites is 2. The number of nitrogens with zero attached hydrogens (tertiary/aromatic N) is 5. The average Bonchev–Trinajstić information content (AvgIpc) is 3.10. The van der Waals surface area contributed by atoms with Crippen LogP contribution in [-0.4, -0.2) is 57.7 Å². The molecule has 0 N–H and O–H groups in total. The van der Waals surface area contributed by atoms with Crippen LogP contribution in [0.5, 0.6) is 0 Å². The molecule has 2 aromatic heterocycles. The highest BCUT2D eigenvalue weighted by Gasteiger charge is 2.22. The Morgan fingerprint density at radius 1 is 1.16 bits per heavy atom. The Hall–Kier alpha value is -2.61. The Morgan fingerprint density at radius 3 is 2.76 bits per heavy atom. The molecule has 7 nitrogen and oxygen atoms in total. The van der Waals surface area contributed by atoms with E-state index in [9.17, 15) is 4.79 Å². The smallest absolute Gasteiger partial charge is 0.257 e. The second-order valence-corrected chi connectivity index (χ2v) is 6.59. The van der Waals surface area contributed by atoms with E-state index < -0.39 is 0 Å². The summed E-state index contributed by atoms with van der Waals surface area (Å²) in [5.74, 6) is 1.29. The van der Waals surface area contributed by atoms with Crippen LogP contribution in [0.4, 0.5) is 5.82 Å². The molecule has 1 amide bonds. The molecular formula is C17H17N5O2S.